The van der Waals surface area contributed by atoms with Crippen molar-refractivity contribution in [1.29, 1.82) is 0 Å². The van der Waals surface area contributed by atoms with Crippen LogP contribution in [0.3, 0.4) is 0 Å². The second-order valence-electron chi connectivity index (χ2n) is 7.52. The Kier molecular flexibility index (Phi) is 6.40. The van der Waals surface area contributed by atoms with Gasteiger partial charge in [-0.25, -0.2) is 9.59 Å². The zero-order valence-electron chi connectivity index (χ0n) is 17.9. The highest BCUT2D eigenvalue weighted by Crippen LogP contribution is 2.27. The first kappa shape index (κ1) is 21.4. The van der Waals surface area contributed by atoms with E-state index in [-0.39, 0.29) is 0 Å². The number of benzene rings is 3. The van der Waals surface area contributed by atoms with Crippen LogP contribution in [0, 0.1) is 0 Å². The fraction of sp³-hybridized carbons (Fsp3) is 0.231. The first-order chi connectivity index (χ1) is 15.6. The standard InChI is InChI=1S/C26H24O6/c1-29-21-11-7-17(8-12-21)25(27)31-23-15-19-5-3-4-6-20(19)16-24(23)32-26(28)18-9-13-22(30-2)14-10-18/h3-14,23-24H,15-16H2,1-2H3/t23-,24+. The van der Waals surface area contributed by atoms with Crippen LogP contribution in [0.15, 0.2) is 72.8 Å². The van der Waals surface area contributed by atoms with Crippen LogP contribution in [-0.4, -0.2) is 38.4 Å². The smallest absolute Gasteiger partial charge is 0.338 e. The van der Waals surface area contributed by atoms with Crippen molar-refractivity contribution in [3.8, 4) is 11.5 Å². The Morgan fingerprint density at radius 2 is 1.00 bits per heavy atom. The van der Waals surface area contributed by atoms with Crippen molar-refractivity contribution in [1.82, 2.24) is 0 Å². The molecule has 0 heterocycles. The van der Waals surface area contributed by atoms with E-state index < -0.39 is 24.1 Å². The van der Waals surface area contributed by atoms with Crippen LogP contribution in [0.2, 0.25) is 0 Å². The quantitative estimate of drug-likeness (QED) is 0.542. The lowest BCUT2D eigenvalue weighted by Crippen LogP contribution is -2.41. The van der Waals surface area contributed by atoms with E-state index in [1.54, 1.807) is 62.8 Å². The lowest BCUT2D eigenvalue weighted by molar-refractivity contribution is -0.0389. The largest absolute Gasteiger partial charge is 0.497 e. The second-order valence-corrected chi connectivity index (χ2v) is 7.52. The number of hydrogen-bond donors (Lipinski definition) is 0. The summed E-state index contributed by atoms with van der Waals surface area (Å²) in [7, 11) is 3.13. The summed E-state index contributed by atoms with van der Waals surface area (Å²) in [5.41, 5.74) is 2.98. The van der Waals surface area contributed by atoms with E-state index in [0.717, 1.165) is 11.1 Å². The van der Waals surface area contributed by atoms with Crippen molar-refractivity contribution in [3.63, 3.8) is 0 Å². The van der Waals surface area contributed by atoms with E-state index in [2.05, 4.69) is 0 Å². The minimum Gasteiger partial charge on any atom is -0.497 e. The van der Waals surface area contributed by atoms with E-state index in [1.807, 2.05) is 24.3 Å². The molecule has 0 fully saturated rings. The van der Waals surface area contributed by atoms with E-state index in [0.29, 0.717) is 35.5 Å². The fourth-order valence-corrected chi connectivity index (χ4v) is 3.75. The molecule has 0 radical (unpaired) electrons. The Hall–Kier alpha value is -3.80. The summed E-state index contributed by atoms with van der Waals surface area (Å²) >= 11 is 0. The molecule has 2 atom stereocenters. The van der Waals surface area contributed by atoms with Gasteiger partial charge in [-0.2, -0.15) is 0 Å². The lowest BCUT2D eigenvalue weighted by atomic mass is 9.87. The Morgan fingerprint density at radius 3 is 1.34 bits per heavy atom. The SMILES string of the molecule is COc1ccc(C(=O)O[C@H]2Cc3ccccc3C[C@H]2OC(=O)c2ccc(OC)cc2)cc1. The Morgan fingerprint density at radius 1 is 0.625 bits per heavy atom. The number of methoxy groups -OCH3 is 2. The normalized spacial score (nSPS) is 17.1. The number of esters is 2. The summed E-state index contributed by atoms with van der Waals surface area (Å²) in [5, 5.41) is 0. The molecule has 32 heavy (non-hydrogen) atoms. The van der Waals surface area contributed by atoms with Gasteiger partial charge in [-0.1, -0.05) is 24.3 Å². The monoisotopic (exact) mass is 432 g/mol. The Labute approximate surface area is 186 Å². The summed E-state index contributed by atoms with van der Waals surface area (Å²) in [6, 6.07) is 21.3. The number of ether oxygens (including phenoxy) is 4. The minimum atomic E-state index is -0.596. The molecule has 0 aliphatic heterocycles. The number of carbonyl (C=O) groups is 2. The molecule has 0 aromatic heterocycles. The molecule has 4 rings (SSSR count). The van der Waals surface area contributed by atoms with Gasteiger partial charge in [-0.05, 0) is 59.7 Å². The van der Waals surface area contributed by atoms with E-state index in [1.165, 1.54) is 0 Å². The highest BCUT2D eigenvalue weighted by Gasteiger charge is 2.34. The summed E-state index contributed by atoms with van der Waals surface area (Å²) in [4.78, 5) is 25.6. The molecule has 0 bridgehead atoms. The van der Waals surface area contributed by atoms with E-state index in [4.69, 9.17) is 18.9 Å². The molecule has 0 spiro atoms. The maximum atomic E-state index is 12.8. The third kappa shape index (κ3) is 4.75. The zero-order chi connectivity index (χ0) is 22.5. The van der Waals surface area contributed by atoms with Crippen molar-refractivity contribution < 1.29 is 28.5 Å². The van der Waals surface area contributed by atoms with Gasteiger partial charge >= 0.3 is 11.9 Å². The molecule has 3 aromatic rings. The van der Waals surface area contributed by atoms with Crippen molar-refractivity contribution in [3.05, 3.63) is 95.1 Å². The van der Waals surface area contributed by atoms with Gasteiger partial charge in [0.1, 0.15) is 23.7 Å². The van der Waals surface area contributed by atoms with Crippen molar-refractivity contribution in [2.24, 2.45) is 0 Å². The van der Waals surface area contributed by atoms with Crippen LogP contribution < -0.4 is 9.47 Å². The zero-order valence-corrected chi connectivity index (χ0v) is 17.9. The van der Waals surface area contributed by atoms with Gasteiger partial charge in [-0.15, -0.1) is 0 Å². The molecule has 0 saturated carbocycles. The fourth-order valence-electron chi connectivity index (χ4n) is 3.75. The van der Waals surface area contributed by atoms with Gasteiger partial charge in [-0.3, -0.25) is 0 Å². The summed E-state index contributed by atoms with van der Waals surface area (Å²) in [5.74, 6) is 0.365. The average molecular weight is 432 g/mol. The van der Waals surface area contributed by atoms with Crippen LogP contribution in [0.5, 0.6) is 11.5 Å². The molecule has 164 valence electrons. The van der Waals surface area contributed by atoms with Crippen LogP contribution in [-0.2, 0) is 22.3 Å². The van der Waals surface area contributed by atoms with Crippen molar-refractivity contribution in [2.75, 3.05) is 14.2 Å². The van der Waals surface area contributed by atoms with Gasteiger partial charge in [0.25, 0.3) is 0 Å². The van der Waals surface area contributed by atoms with Crippen molar-refractivity contribution in [2.45, 2.75) is 25.0 Å². The molecular weight excluding hydrogens is 408 g/mol. The molecule has 0 unspecified atom stereocenters. The third-order valence-electron chi connectivity index (χ3n) is 5.54. The summed E-state index contributed by atoms with van der Waals surface area (Å²) in [6.45, 7) is 0. The first-order valence-corrected chi connectivity index (χ1v) is 10.3. The van der Waals surface area contributed by atoms with E-state index >= 15 is 0 Å². The molecule has 0 N–H and O–H groups in total. The van der Waals surface area contributed by atoms with Gasteiger partial charge in [0.2, 0.25) is 0 Å². The molecule has 0 amide bonds. The maximum Gasteiger partial charge on any atom is 0.338 e. The van der Waals surface area contributed by atoms with Crippen LogP contribution in [0.4, 0.5) is 0 Å². The van der Waals surface area contributed by atoms with E-state index in [9.17, 15) is 9.59 Å². The van der Waals surface area contributed by atoms with Crippen molar-refractivity contribution >= 4 is 11.9 Å². The highest BCUT2D eigenvalue weighted by atomic mass is 16.6. The predicted molar refractivity (Wildman–Crippen MR) is 118 cm³/mol. The van der Waals surface area contributed by atoms with Crippen LogP contribution >= 0.6 is 0 Å². The number of hydrogen-bond acceptors (Lipinski definition) is 6. The maximum absolute atomic E-state index is 12.8. The van der Waals surface area contributed by atoms with Crippen LogP contribution in [0.25, 0.3) is 0 Å². The molecule has 6 nitrogen and oxygen atoms in total. The molecule has 0 saturated heterocycles. The minimum absolute atomic E-state index is 0.407. The second kappa shape index (κ2) is 9.56. The number of fused-ring (bicyclic) bond motifs is 1. The summed E-state index contributed by atoms with van der Waals surface area (Å²) < 4.78 is 21.9. The average Bonchev–Trinajstić information content (AvgIpc) is 2.84. The summed E-state index contributed by atoms with van der Waals surface area (Å²) in [6.07, 6.45) is -0.250. The van der Waals surface area contributed by atoms with Gasteiger partial charge < -0.3 is 18.9 Å². The topological polar surface area (TPSA) is 71.1 Å². The van der Waals surface area contributed by atoms with Gasteiger partial charge in [0, 0.05) is 12.8 Å². The highest BCUT2D eigenvalue weighted by molar-refractivity contribution is 5.90. The Bertz CT molecular complexity index is 1000. The molecule has 6 heteroatoms. The third-order valence-corrected chi connectivity index (χ3v) is 5.54. The number of rotatable bonds is 6. The predicted octanol–water partition coefficient (Wildman–Crippen LogP) is 4.25. The molecule has 3 aromatic carbocycles. The first-order valence-electron chi connectivity index (χ1n) is 10.3. The molecule has 1 aliphatic rings. The molecular formula is C26H24O6. The van der Waals surface area contributed by atoms with Gasteiger partial charge in [0.15, 0.2) is 0 Å². The van der Waals surface area contributed by atoms with Crippen LogP contribution in [0.1, 0.15) is 31.8 Å². The van der Waals surface area contributed by atoms with Gasteiger partial charge in [0.05, 0.1) is 25.3 Å². The number of carbonyl (C=O) groups excluding carboxylic acids is 2. The Balaban J connectivity index is 1.53. The lowest BCUT2D eigenvalue weighted by Gasteiger charge is -2.32. The molecule has 1 aliphatic carbocycles.